The first-order valence-corrected chi connectivity index (χ1v) is 10.9. The van der Waals surface area contributed by atoms with Gasteiger partial charge >= 0.3 is 0 Å². The minimum absolute atomic E-state index is 0.288. The van der Waals surface area contributed by atoms with Crippen LogP contribution in [-0.4, -0.2) is 6.04 Å². The van der Waals surface area contributed by atoms with Crippen LogP contribution in [0.25, 0.3) is 16.7 Å². The second-order valence-electron chi connectivity index (χ2n) is 7.80. The number of hydrogen-bond acceptors (Lipinski definition) is 1. The smallest absolute Gasteiger partial charge is 0.0557 e. The van der Waals surface area contributed by atoms with Crippen molar-refractivity contribution in [2.24, 2.45) is 0 Å². The maximum absolute atomic E-state index is 2.43. The van der Waals surface area contributed by atoms with Crippen LogP contribution < -0.4 is 4.90 Å². The summed E-state index contributed by atoms with van der Waals surface area (Å²) in [7, 11) is 0. The van der Waals surface area contributed by atoms with E-state index in [0.29, 0.717) is 0 Å². The van der Waals surface area contributed by atoms with Crippen LogP contribution in [0, 0.1) is 0 Å². The molecule has 31 heavy (non-hydrogen) atoms. The van der Waals surface area contributed by atoms with E-state index in [0.717, 1.165) is 6.42 Å². The molecule has 0 saturated carbocycles. The third-order valence-corrected chi connectivity index (χ3v) is 5.68. The van der Waals surface area contributed by atoms with E-state index in [9.17, 15) is 0 Å². The van der Waals surface area contributed by atoms with Crippen molar-refractivity contribution < 1.29 is 0 Å². The lowest BCUT2D eigenvalue weighted by Gasteiger charge is -2.34. The summed E-state index contributed by atoms with van der Waals surface area (Å²) in [6, 6.07) is 30.4. The quantitative estimate of drug-likeness (QED) is 0.376. The van der Waals surface area contributed by atoms with Crippen LogP contribution in [0.15, 0.2) is 127 Å². The van der Waals surface area contributed by atoms with Crippen molar-refractivity contribution in [3.05, 3.63) is 133 Å². The van der Waals surface area contributed by atoms with Gasteiger partial charge in [0, 0.05) is 11.4 Å². The largest absolute Gasteiger partial charge is 0.338 e. The molecule has 0 N–H and O–H groups in total. The molecule has 3 aromatic rings. The molecule has 0 radical (unpaired) electrons. The third-order valence-electron chi connectivity index (χ3n) is 5.68. The Kier molecular flexibility index (Phi) is 6.64. The molecule has 1 nitrogen and oxygen atoms in total. The van der Waals surface area contributed by atoms with Crippen LogP contribution in [-0.2, 0) is 0 Å². The standard InChI is InChI=1S/C30H29N/c1-3-4-11-24(2)31(29-20-16-27(17-21-29)25-12-7-5-8-13-25)30-22-18-28(19-23-30)26-14-9-6-10-15-26/h3-22,30H,23H2,1-2H3/b4-3-,24-11+. The van der Waals surface area contributed by atoms with Crippen molar-refractivity contribution in [1.29, 1.82) is 0 Å². The Morgan fingerprint density at radius 3 is 2.00 bits per heavy atom. The van der Waals surface area contributed by atoms with E-state index in [2.05, 4.69) is 140 Å². The first-order valence-electron chi connectivity index (χ1n) is 10.9. The van der Waals surface area contributed by atoms with E-state index in [-0.39, 0.29) is 6.04 Å². The molecule has 154 valence electrons. The highest BCUT2D eigenvalue weighted by Gasteiger charge is 2.20. The fourth-order valence-electron chi connectivity index (χ4n) is 4.06. The first-order chi connectivity index (χ1) is 15.3. The minimum Gasteiger partial charge on any atom is -0.338 e. The minimum atomic E-state index is 0.288. The molecule has 0 amide bonds. The topological polar surface area (TPSA) is 3.24 Å². The lowest BCUT2D eigenvalue weighted by molar-refractivity contribution is 0.754. The van der Waals surface area contributed by atoms with E-state index in [1.54, 1.807) is 0 Å². The Balaban J connectivity index is 1.61. The zero-order valence-electron chi connectivity index (χ0n) is 18.3. The maximum Gasteiger partial charge on any atom is 0.0557 e. The number of allylic oxidation sites excluding steroid dienone is 6. The second kappa shape index (κ2) is 9.95. The number of hydrogen-bond donors (Lipinski definition) is 0. The fourth-order valence-corrected chi connectivity index (χ4v) is 4.06. The molecular formula is C30H29N. The summed E-state index contributed by atoms with van der Waals surface area (Å²) in [5.41, 5.74) is 7.50. The lowest BCUT2D eigenvalue weighted by atomic mass is 9.95. The monoisotopic (exact) mass is 403 g/mol. The molecule has 1 aliphatic carbocycles. The number of benzene rings is 3. The van der Waals surface area contributed by atoms with Crippen LogP contribution >= 0.6 is 0 Å². The SMILES string of the molecule is C/C=C\C=C(/C)N(c1ccc(-c2ccccc2)cc1)C1C=CC(c2ccccc2)=CC1. The molecular weight excluding hydrogens is 374 g/mol. The van der Waals surface area contributed by atoms with Crippen LogP contribution in [0.5, 0.6) is 0 Å². The molecule has 0 spiro atoms. The molecule has 0 saturated heterocycles. The van der Waals surface area contributed by atoms with Gasteiger partial charge in [-0.2, -0.15) is 0 Å². The summed E-state index contributed by atoms with van der Waals surface area (Å²) >= 11 is 0. The molecule has 0 heterocycles. The molecule has 0 bridgehead atoms. The Labute approximate surface area is 186 Å². The van der Waals surface area contributed by atoms with Crippen molar-refractivity contribution in [2.45, 2.75) is 26.3 Å². The van der Waals surface area contributed by atoms with Crippen LogP contribution in [0.2, 0.25) is 0 Å². The highest BCUT2D eigenvalue weighted by atomic mass is 15.2. The Hall–Kier alpha value is -3.58. The summed E-state index contributed by atoms with van der Waals surface area (Å²) in [6.45, 7) is 4.24. The predicted molar refractivity (Wildman–Crippen MR) is 135 cm³/mol. The highest BCUT2D eigenvalue weighted by molar-refractivity contribution is 5.76. The summed E-state index contributed by atoms with van der Waals surface area (Å²) in [6.07, 6.45) is 14.3. The van der Waals surface area contributed by atoms with Gasteiger partial charge in [0.15, 0.2) is 0 Å². The summed E-state index contributed by atoms with van der Waals surface area (Å²) in [5, 5.41) is 0. The van der Waals surface area contributed by atoms with E-state index in [1.165, 1.54) is 33.6 Å². The average Bonchev–Trinajstić information content (AvgIpc) is 2.85. The van der Waals surface area contributed by atoms with Gasteiger partial charge < -0.3 is 4.90 Å². The van der Waals surface area contributed by atoms with Gasteiger partial charge in [-0.1, -0.05) is 103 Å². The highest BCUT2D eigenvalue weighted by Crippen LogP contribution is 2.31. The van der Waals surface area contributed by atoms with Crippen molar-refractivity contribution in [1.82, 2.24) is 0 Å². The van der Waals surface area contributed by atoms with Crippen molar-refractivity contribution in [3.63, 3.8) is 0 Å². The van der Waals surface area contributed by atoms with Gasteiger partial charge in [0.1, 0.15) is 0 Å². The molecule has 1 aliphatic rings. The van der Waals surface area contributed by atoms with Gasteiger partial charge in [-0.25, -0.2) is 0 Å². The number of anilines is 1. The van der Waals surface area contributed by atoms with Crippen molar-refractivity contribution in [3.8, 4) is 11.1 Å². The molecule has 3 aromatic carbocycles. The average molecular weight is 404 g/mol. The zero-order chi connectivity index (χ0) is 21.5. The lowest BCUT2D eigenvalue weighted by Crippen LogP contribution is -2.32. The molecule has 0 aromatic heterocycles. The van der Waals surface area contributed by atoms with Gasteiger partial charge in [-0.05, 0) is 60.7 Å². The van der Waals surface area contributed by atoms with E-state index < -0.39 is 0 Å². The van der Waals surface area contributed by atoms with Crippen molar-refractivity contribution in [2.75, 3.05) is 4.90 Å². The first kappa shape index (κ1) is 20.7. The molecule has 1 atom stereocenters. The fraction of sp³-hybridized carbons (Fsp3) is 0.133. The predicted octanol–water partition coefficient (Wildman–Crippen LogP) is 8.05. The molecule has 0 fully saturated rings. The Morgan fingerprint density at radius 2 is 1.42 bits per heavy atom. The van der Waals surface area contributed by atoms with Crippen LogP contribution in [0.3, 0.4) is 0 Å². The van der Waals surface area contributed by atoms with Gasteiger partial charge in [0.05, 0.1) is 6.04 Å². The van der Waals surface area contributed by atoms with Gasteiger partial charge in [0.2, 0.25) is 0 Å². The van der Waals surface area contributed by atoms with E-state index >= 15 is 0 Å². The van der Waals surface area contributed by atoms with Gasteiger partial charge in [0.25, 0.3) is 0 Å². The van der Waals surface area contributed by atoms with Crippen LogP contribution in [0.4, 0.5) is 5.69 Å². The van der Waals surface area contributed by atoms with E-state index in [4.69, 9.17) is 0 Å². The summed E-state index contributed by atoms with van der Waals surface area (Å²) in [4.78, 5) is 2.43. The van der Waals surface area contributed by atoms with Gasteiger partial charge in [-0.3, -0.25) is 0 Å². The van der Waals surface area contributed by atoms with Crippen LogP contribution in [0.1, 0.15) is 25.8 Å². The molecule has 4 rings (SSSR count). The maximum atomic E-state index is 2.43. The summed E-state index contributed by atoms with van der Waals surface area (Å²) in [5.74, 6) is 0. The zero-order valence-corrected chi connectivity index (χ0v) is 18.3. The van der Waals surface area contributed by atoms with E-state index in [1.807, 2.05) is 0 Å². The number of rotatable bonds is 6. The van der Waals surface area contributed by atoms with Crippen molar-refractivity contribution >= 4 is 11.3 Å². The summed E-state index contributed by atoms with van der Waals surface area (Å²) < 4.78 is 0. The molecule has 1 heteroatoms. The molecule has 0 aliphatic heterocycles. The second-order valence-corrected chi connectivity index (χ2v) is 7.80. The molecule has 1 unspecified atom stereocenters. The van der Waals surface area contributed by atoms with Gasteiger partial charge in [-0.15, -0.1) is 0 Å². The third kappa shape index (κ3) is 4.95. The normalized spacial score (nSPS) is 16.4. The Bertz CT molecular complexity index is 1100. The Morgan fingerprint density at radius 1 is 0.806 bits per heavy atom. The number of nitrogens with zero attached hydrogens (tertiary/aromatic N) is 1.